The van der Waals surface area contributed by atoms with Crippen molar-refractivity contribution in [2.45, 2.75) is 12.8 Å². The van der Waals surface area contributed by atoms with Crippen molar-refractivity contribution < 1.29 is 19.1 Å². The van der Waals surface area contributed by atoms with Crippen molar-refractivity contribution in [2.75, 3.05) is 51.8 Å². The molecule has 3 aliphatic heterocycles. The Morgan fingerprint density at radius 1 is 1.16 bits per heavy atom. The number of carbonyl (C=O) groups excluding carboxylic acids is 2. The Hall–Kier alpha value is -2.44. The lowest BCUT2D eigenvalue weighted by Gasteiger charge is -2.26. The third-order valence-electron chi connectivity index (χ3n) is 5.25. The molecule has 1 aromatic rings. The van der Waals surface area contributed by atoms with E-state index < -0.39 is 0 Å². The van der Waals surface area contributed by atoms with Gasteiger partial charge in [0.25, 0.3) is 0 Å². The third kappa shape index (κ3) is 2.77. The van der Waals surface area contributed by atoms with E-state index in [0.717, 1.165) is 17.9 Å². The second-order valence-electron chi connectivity index (χ2n) is 7.33. The van der Waals surface area contributed by atoms with E-state index in [-0.39, 0.29) is 17.4 Å². The van der Waals surface area contributed by atoms with E-state index in [9.17, 15) is 9.59 Å². The molecule has 25 heavy (non-hydrogen) atoms. The van der Waals surface area contributed by atoms with Crippen LogP contribution < -0.4 is 14.4 Å². The standard InChI is InChI=1S/C18H23N3O4/c1-19(2)17(23)20-6-5-18(11-20)10-16(22)21(12-18)13-3-4-14-15(9-13)25-8-7-24-14/h3-4,9H,5-8,10-12H2,1-2H3/t18-/m1/s1. The molecule has 134 valence electrons. The summed E-state index contributed by atoms with van der Waals surface area (Å²) in [5, 5.41) is 0. The first kappa shape index (κ1) is 16.1. The van der Waals surface area contributed by atoms with Gasteiger partial charge in [0.2, 0.25) is 5.91 Å². The van der Waals surface area contributed by atoms with E-state index in [2.05, 4.69) is 0 Å². The number of amides is 3. The Balaban J connectivity index is 1.52. The molecule has 7 heteroatoms. The predicted octanol–water partition coefficient (Wildman–Crippen LogP) is 1.57. The summed E-state index contributed by atoms with van der Waals surface area (Å²) in [6, 6.07) is 5.66. The number of anilines is 1. The van der Waals surface area contributed by atoms with Gasteiger partial charge in [-0.05, 0) is 18.6 Å². The summed E-state index contributed by atoms with van der Waals surface area (Å²) in [4.78, 5) is 30.1. The van der Waals surface area contributed by atoms with Crippen LogP contribution in [-0.2, 0) is 4.79 Å². The van der Waals surface area contributed by atoms with Crippen molar-refractivity contribution in [2.24, 2.45) is 5.41 Å². The van der Waals surface area contributed by atoms with Gasteiger partial charge in [-0.3, -0.25) is 4.79 Å². The zero-order chi connectivity index (χ0) is 17.6. The zero-order valence-electron chi connectivity index (χ0n) is 14.7. The molecule has 0 saturated carbocycles. The number of hydrogen-bond donors (Lipinski definition) is 0. The van der Waals surface area contributed by atoms with Crippen molar-refractivity contribution in [3.8, 4) is 11.5 Å². The summed E-state index contributed by atoms with van der Waals surface area (Å²) in [7, 11) is 3.52. The molecule has 0 unspecified atom stereocenters. The molecule has 0 N–H and O–H groups in total. The topological polar surface area (TPSA) is 62.3 Å². The highest BCUT2D eigenvalue weighted by Gasteiger charge is 2.49. The van der Waals surface area contributed by atoms with Crippen LogP contribution in [0.1, 0.15) is 12.8 Å². The van der Waals surface area contributed by atoms with Gasteiger partial charge in [-0.2, -0.15) is 0 Å². The molecule has 4 rings (SSSR count). The van der Waals surface area contributed by atoms with Crippen LogP contribution in [0.25, 0.3) is 0 Å². The van der Waals surface area contributed by atoms with Gasteiger partial charge in [-0.1, -0.05) is 0 Å². The number of carbonyl (C=O) groups is 2. The summed E-state index contributed by atoms with van der Waals surface area (Å²) in [6.45, 7) is 3.06. The van der Waals surface area contributed by atoms with Crippen LogP contribution in [0.5, 0.6) is 11.5 Å². The van der Waals surface area contributed by atoms with Crippen LogP contribution in [0.3, 0.4) is 0 Å². The molecular weight excluding hydrogens is 322 g/mol. The quantitative estimate of drug-likeness (QED) is 0.775. The van der Waals surface area contributed by atoms with Gasteiger partial charge in [0, 0.05) is 57.3 Å². The molecule has 3 amide bonds. The fraction of sp³-hybridized carbons (Fsp3) is 0.556. The Morgan fingerprint density at radius 2 is 1.92 bits per heavy atom. The monoisotopic (exact) mass is 345 g/mol. The molecule has 3 aliphatic rings. The highest BCUT2D eigenvalue weighted by Crippen LogP contribution is 2.43. The Kier molecular flexibility index (Phi) is 3.74. The number of ether oxygens (including phenoxy) is 2. The third-order valence-corrected chi connectivity index (χ3v) is 5.25. The zero-order valence-corrected chi connectivity index (χ0v) is 14.7. The number of hydrogen-bond acceptors (Lipinski definition) is 4. The molecule has 0 radical (unpaired) electrons. The van der Waals surface area contributed by atoms with Gasteiger partial charge in [0.1, 0.15) is 13.2 Å². The van der Waals surface area contributed by atoms with E-state index in [1.165, 1.54) is 0 Å². The van der Waals surface area contributed by atoms with Crippen molar-refractivity contribution in [3.63, 3.8) is 0 Å². The second kappa shape index (κ2) is 5.82. The Labute approximate surface area is 147 Å². The maximum atomic E-state index is 12.7. The van der Waals surface area contributed by atoms with E-state index in [1.54, 1.807) is 19.0 Å². The number of urea groups is 1. The maximum Gasteiger partial charge on any atom is 0.319 e. The largest absolute Gasteiger partial charge is 0.486 e. The van der Waals surface area contributed by atoms with Gasteiger partial charge in [0.15, 0.2) is 11.5 Å². The Morgan fingerprint density at radius 3 is 2.68 bits per heavy atom. The van der Waals surface area contributed by atoms with Crippen molar-refractivity contribution in [1.82, 2.24) is 9.80 Å². The fourth-order valence-corrected chi connectivity index (χ4v) is 3.99. The number of rotatable bonds is 1. The van der Waals surface area contributed by atoms with Gasteiger partial charge in [-0.25, -0.2) is 4.79 Å². The lowest BCUT2D eigenvalue weighted by atomic mass is 9.86. The van der Waals surface area contributed by atoms with Crippen molar-refractivity contribution >= 4 is 17.6 Å². The molecule has 0 aromatic heterocycles. The fourth-order valence-electron chi connectivity index (χ4n) is 3.99. The minimum absolute atomic E-state index is 0.0158. The first-order chi connectivity index (χ1) is 12.0. The summed E-state index contributed by atoms with van der Waals surface area (Å²) >= 11 is 0. The summed E-state index contributed by atoms with van der Waals surface area (Å²) in [5.74, 6) is 1.52. The van der Waals surface area contributed by atoms with Gasteiger partial charge in [-0.15, -0.1) is 0 Å². The van der Waals surface area contributed by atoms with Gasteiger partial charge >= 0.3 is 6.03 Å². The van der Waals surface area contributed by atoms with Crippen LogP contribution in [0.2, 0.25) is 0 Å². The summed E-state index contributed by atoms with van der Waals surface area (Å²) < 4.78 is 11.2. The maximum absolute atomic E-state index is 12.7. The summed E-state index contributed by atoms with van der Waals surface area (Å²) in [6.07, 6.45) is 1.35. The molecule has 3 heterocycles. The van der Waals surface area contributed by atoms with Gasteiger partial charge < -0.3 is 24.2 Å². The summed E-state index contributed by atoms with van der Waals surface area (Å²) in [5.41, 5.74) is 0.694. The lowest BCUT2D eigenvalue weighted by Crippen LogP contribution is -2.39. The van der Waals surface area contributed by atoms with E-state index in [0.29, 0.717) is 45.0 Å². The number of nitrogens with zero attached hydrogens (tertiary/aromatic N) is 3. The molecular formula is C18H23N3O4. The SMILES string of the molecule is CN(C)C(=O)N1CC[C@@]2(CC(=O)N(c3ccc4c(c3)OCCO4)C2)C1. The molecule has 0 bridgehead atoms. The molecule has 7 nitrogen and oxygen atoms in total. The van der Waals surface area contributed by atoms with Crippen LogP contribution in [0.15, 0.2) is 18.2 Å². The minimum atomic E-state index is -0.143. The van der Waals surface area contributed by atoms with Gasteiger partial charge in [0.05, 0.1) is 0 Å². The molecule has 2 saturated heterocycles. The molecule has 2 fully saturated rings. The van der Waals surface area contributed by atoms with Crippen molar-refractivity contribution in [3.05, 3.63) is 18.2 Å². The molecule has 1 spiro atoms. The Bertz CT molecular complexity index is 720. The normalized spacial score (nSPS) is 25.0. The number of benzene rings is 1. The minimum Gasteiger partial charge on any atom is -0.486 e. The first-order valence-corrected chi connectivity index (χ1v) is 8.64. The molecule has 0 aliphatic carbocycles. The van der Waals surface area contributed by atoms with E-state index in [4.69, 9.17) is 9.47 Å². The van der Waals surface area contributed by atoms with E-state index >= 15 is 0 Å². The number of fused-ring (bicyclic) bond motifs is 1. The molecule has 1 atom stereocenters. The molecule has 1 aromatic carbocycles. The highest BCUT2D eigenvalue weighted by molar-refractivity contribution is 5.97. The number of likely N-dealkylation sites (tertiary alicyclic amines) is 1. The van der Waals surface area contributed by atoms with E-state index in [1.807, 2.05) is 28.0 Å². The second-order valence-corrected chi connectivity index (χ2v) is 7.33. The van der Waals surface area contributed by atoms with Crippen molar-refractivity contribution in [1.29, 1.82) is 0 Å². The van der Waals surface area contributed by atoms with Crippen LogP contribution >= 0.6 is 0 Å². The van der Waals surface area contributed by atoms with Crippen LogP contribution in [-0.4, -0.2) is 68.7 Å². The smallest absolute Gasteiger partial charge is 0.319 e. The highest BCUT2D eigenvalue weighted by atomic mass is 16.6. The van der Waals surface area contributed by atoms with Crippen LogP contribution in [0, 0.1) is 5.41 Å². The first-order valence-electron chi connectivity index (χ1n) is 8.64. The lowest BCUT2D eigenvalue weighted by molar-refractivity contribution is -0.117. The average molecular weight is 345 g/mol. The average Bonchev–Trinajstić information content (AvgIpc) is 3.17. The predicted molar refractivity (Wildman–Crippen MR) is 92.1 cm³/mol. The van der Waals surface area contributed by atoms with Crippen LogP contribution in [0.4, 0.5) is 10.5 Å².